The molecule has 132 valence electrons. The molecule has 0 aliphatic carbocycles. The molecule has 0 saturated carbocycles. The Bertz CT molecular complexity index is 866. The average molecular weight is 366 g/mol. The highest BCUT2D eigenvalue weighted by Crippen LogP contribution is 2.20. The molecular weight excluding hydrogens is 346 g/mol. The van der Waals surface area contributed by atoms with Crippen LogP contribution in [-0.2, 0) is 6.54 Å². The van der Waals surface area contributed by atoms with E-state index in [0.717, 1.165) is 18.8 Å². The van der Waals surface area contributed by atoms with Gasteiger partial charge in [-0.15, -0.1) is 0 Å². The van der Waals surface area contributed by atoms with E-state index >= 15 is 0 Å². The van der Waals surface area contributed by atoms with E-state index in [4.69, 9.17) is 11.6 Å². The van der Waals surface area contributed by atoms with Gasteiger partial charge in [-0.1, -0.05) is 54.1 Å². The molecule has 1 amide bonds. The first-order chi connectivity index (χ1) is 12.7. The van der Waals surface area contributed by atoms with Crippen LogP contribution in [0, 0.1) is 0 Å². The van der Waals surface area contributed by atoms with Crippen molar-refractivity contribution in [3.05, 3.63) is 89.1 Å². The summed E-state index contributed by atoms with van der Waals surface area (Å²) in [7, 11) is 0. The molecule has 0 unspecified atom stereocenters. The van der Waals surface area contributed by atoms with Crippen molar-refractivity contribution >= 4 is 29.0 Å². The molecule has 5 heteroatoms. The van der Waals surface area contributed by atoms with Gasteiger partial charge in [0.1, 0.15) is 5.82 Å². The first-order valence-electron chi connectivity index (χ1n) is 8.48. The second kappa shape index (κ2) is 8.50. The molecule has 0 aliphatic heterocycles. The molecule has 2 aromatic carbocycles. The minimum absolute atomic E-state index is 0.271. The number of hydrogen-bond acceptors (Lipinski definition) is 3. The van der Waals surface area contributed by atoms with Crippen LogP contribution < -0.4 is 10.2 Å². The molecule has 1 N–H and O–H groups in total. The Hall–Kier alpha value is -2.85. The van der Waals surface area contributed by atoms with Crippen LogP contribution in [0.25, 0.3) is 0 Å². The zero-order valence-corrected chi connectivity index (χ0v) is 15.3. The summed E-state index contributed by atoms with van der Waals surface area (Å²) in [6.07, 6.45) is 1.77. The van der Waals surface area contributed by atoms with Gasteiger partial charge in [-0.05, 0) is 36.8 Å². The number of rotatable bonds is 6. The normalized spacial score (nSPS) is 10.4. The monoisotopic (exact) mass is 365 g/mol. The average Bonchev–Trinajstić information content (AvgIpc) is 2.68. The van der Waals surface area contributed by atoms with Gasteiger partial charge in [0.2, 0.25) is 0 Å². The first-order valence-corrected chi connectivity index (χ1v) is 8.86. The maximum absolute atomic E-state index is 12.3. The fourth-order valence-electron chi connectivity index (χ4n) is 2.67. The molecule has 0 bridgehead atoms. The van der Waals surface area contributed by atoms with Crippen LogP contribution in [-0.4, -0.2) is 17.4 Å². The number of halogens is 1. The van der Waals surface area contributed by atoms with Crippen LogP contribution in [0.1, 0.15) is 22.8 Å². The summed E-state index contributed by atoms with van der Waals surface area (Å²) in [6, 6.07) is 21.0. The minimum Gasteiger partial charge on any atom is -0.366 e. The molecule has 26 heavy (non-hydrogen) atoms. The van der Waals surface area contributed by atoms with Crippen molar-refractivity contribution in [3.8, 4) is 0 Å². The molecule has 1 heterocycles. The number of hydrogen-bond donors (Lipinski definition) is 1. The molecule has 3 aromatic rings. The number of amides is 1. The predicted molar refractivity (Wildman–Crippen MR) is 107 cm³/mol. The fourth-order valence-corrected chi connectivity index (χ4v) is 2.89. The predicted octanol–water partition coefficient (Wildman–Crippen LogP) is 5.01. The number of nitrogens with one attached hydrogen (secondary N) is 1. The van der Waals surface area contributed by atoms with Crippen molar-refractivity contribution < 1.29 is 4.79 Å². The third kappa shape index (κ3) is 4.41. The van der Waals surface area contributed by atoms with E-state index in [1.54, 1.807) is 36.5 Å². The molecule has 3 rings (SSSR count). The summed E-state index contributed by atoms with van der Waals surface area (Å²) in [5, 5.41) is 3.20. The van der Waals surface area contributed by atoms with Crippen molar-refractivity contribution in [3.63, 3.8) is 0 Å². The van der Waals surface area contributed by atoms with E-state index < -0.39 is 0 Å². The highest BCUT2D eigenvalue weighted by Gasteiger charge is 2.11. The van der Waals surface area contributed by atoms with Crippen LogP contribution >= 0.6 is 11.6 Å². The molecule has 0 radical (unpaired) electrons. The highest BCUT2D eigenvalue weighted by atomic mass is 35.5. The first kappa shape index (κ1) is 18.0. The number of pyridine rings is 1. The second-order valence-electron chi connectivity index (χ2n) is 5.84. The quantitative estimate of drug-likeness (QED) is 0.667. The molecule has 0 atom stereocenters. The van der Waals surface area contributed by atoms with E-state index in [-0.39, 0.29) is 5.91 Å². The van der Waals surface area contributed by atoms with Gasteiger partial charge >= 0.3 is 0 Å². The van der Waals surface area contributed by atoms with Crippen LogP contribution in [0.3, 0.4) is 0 Å². The van der Waals surface area contributed by atoms with E-state index in [0.29, 0.717) is 16.4 Å². The lowest BCUT2D eigenvalue weighted by Crippen LogP contribution is -2.22. The molecule has 4 nitrogen and oxygen atoms in total. The third-order valence-corrected chi connectivity index (χ3v) is 4.40. The SMILES string of the molecule is CCN(Cc1ccccc1)c1ccc(NC(=O)c2ccccc2Cl)nc1. The Morgan fingerprint density at radius 1 is 1.04 bits per heavy atom. The van der Waals surface area contributed by atoms with Crippen molar-refractivity contribution in [2.75, 3.05) is 16.8 Å². The summed E-state index contributed by atoms with van der Waals surface area (Å²) in [6.45, 7) is 3.78. The van der Waals surface area contributed by atoms with E-state index in [2.05, 4.69) is 34.3 Å². The van der Waals surface area contributed by atoms with E-state index in [1.807, 2.05) is 24.3 Å². The largest absolute Gasteiger partial charge is 0.366 e. The van der Waals surface area contributed by atoms with Crippen molar-refractivity contribution in [2.45, 2.75) is 13.5 Å². The van der Waals surface area contributed by atoms with E-state index in [9.17, 15) is 4.79 Å². The summed E-state index contributed by atoms with van der Waals surface area (Å²) < 4.78 is 0. The molecule has 0 fully saturated rings. The third-order valence-electron chi connectivity index (χ3n) is 4.07. The Morgan fingerprint density at radius 3 is 2.42 bits per heavy atom. The molecule has 1 aromatic heterocycles. The van der Waals surface area contributed by atoms with Crippen LogP contribution in [0.5, 0.6) is 0 Å². The Labute approximate surface area is 158 Å². The Kier molecular flexibility index (Phi) is 5.87. The van der Waals surface area contributed by atoms with E-state index in [1.165, 1.54) is 5.56 Å². The number of aromatic nitrogens is 1. The van der Waals surface area contributed by atoms with Gasteiger partial charge in [-0.2, -0.15) is 0 Å². The molecular formula is C21H20ClN3O. The van der Waals surface area contributed by atoms with Crippen molar-refractivity contribution in [1.82, 2.24) is 4.98 Å². The lowest BCUT2D eigenvalue weighted by Gasteiger charge is -2.23. The maximum Gasteiger partial charge on any atom is 0.258 e. The number of carbonyl (C=O) groups is 1. The standard InChI is InChI=1S/C21H20ClN3O/c1-2-25(15-16-8-4-3-5-9-16)17-12-13-20(23-14-17)24-21(26)18-10-6-7-11-19(18)22/h3-14H,2,15H2,1H3,(H,23,24,26). The number of benzene rings is 2. The summed E-state index contributed by atoms with van der Waals surface area (Å²) >= 11 is 6.06. The van der Waals surface area contributed by atoms with Gasteiger partial charge in [0, 0.05) is 13.1 Å². The van der Waals surface area contributed by atoms with Crippen LogP contribution in [0.2, 0.25) is 5.02 Å². The maximum atomic E-state index is 12.3. The highest BCUT2D eigenvalue weighted by molar-refractivity contribution is 6.34. The summed E-state index contributed by atoms with van der Waals surface area (Å²) in [5.41, 5.74) is 2.68. The molecule has 0 spiro atoms. The number of anilines is 2. The lowest BCUT2D eigenvalue weighted by molar-refractivity contribution is 0.102. The second-order valence-corrected chi connectivity index (χ2v) is 6.24. The number of carbonyl (C=O) groups excluding carboxylic acids is 1. The Balaban J connectivity index is 1.69. The fraction of sp³-hybridized carbons (Fsp3) is 0.143. The van der Waals surface area contributed by atoms with Gasteiger partial charge in [0.25, 0.3) is 5.91 Å². The number of nitrogens with zero attached hydrogens (tertiary/aromatic N) is 2. The van der Waals surface area contributed by atoms with Gasteiger partial charge < -0.3 is 10.2 Å². The Morgan fingerprint density at radius 2 is 1.77 bits per heavy atom. The molecule has 0 aliphatic rings. The van der Waals surface area contributed by atoms with Crippen molar-refractivity contribution in [2.24, 2.45) is 0 Å². The summed E-state index contributed by atoms with van der Waals surface area (Å²) in [4.78, 5) is 18.9. The molecule has 0 saturated heterocycles. The van der Waals surface area contributed by atoms with Gasteiger partial charge in [0.05, 0.1) is 22.5 Å². The van der Waals surface area contributed by atoms with Crippen LogP contribution in [0.4, 0.5) is 11.5 Å². The van der Waals surface area contributed by atoms with Crippen molar-refractivity contribution in [1.29, 1.82) is 0 Å². The van der Waals surface area contributed by atoms with Gasteiger partial charge in [0.15, 0.2) is 0 Å². The smallest absolute Gasteiger partial charge is 0.258 e. The topological polar surface area (TPSA) is 45.2 Å². The lowest BCUT2D eigenvalue weighted by atomic mass is 10.2. The van der Waals surface area contributed by atoms with Gasteiger partial charge in [-0.3, -0.25) is 4.79 Å². The minimum atomic E-state index is -0.271. The zero-order valence-electron chi connectivity index (χ0n) is 14.5. The summed E-state index contributed by atoms with van der Waals surface area (Å²) in [5.74, 6) is 0.224. The zero-order chi connectivity index (χ0) is 18.4. The van der Waals surface area contributed by atoms with Gasteiger partial charge in [-0.25, -0.2) is 4.98 Å². The van der Waals surface area contributed by atoms with Crippen LogP contribution in [0.15, 0.2) is 72.9 Å².